The molecule has 2 N–H and O–H groups in total. The molecule has 0 bridgehead atoms. The van der Waals surface area contributed by atoms with Gasteiger partial charge < -0.3 is 15.3 Å². The largest absolute Gasteiger partial charge is 0.478 e. The molecule has 1 saturated heterocycles. The fraction of sp³-hybridized carbons (Fsp3) is 0.417. The topological polar surface area (TPSA) is 52.6 Å². The predicted molar refractivity (Wildman–Crippen MR) is 63.0 cm³/mol. The highest BCUT2D eigenvalue weighted by atomic mass is 19.2. The van der Waals surface area contributed by atoms with Gasteiger partial charge in [-0.2, -0.15) is 0 Å². The van der Waals surface area contributed by atoms with Crippen LogP contribution in [0.4, 0.5) is 14.5 Å². The van der Waals surface area contributed by atoms with Gasteiger partial charge in [0.15, 0.2) is 11.6 Å². The van der Waals surface area contributed by atoms with Crippen LogP contribution in [-0.4, -0.2) is 36.8 Å². The van der Waals surface area contributed by atoms with Gasteiger partial charge in [0.25, 0.3) is 0 Å². The second-order valence-corrected chi connectivity index (χ2v) is 4.37. The van der Waals surface area contributed by atoms with Gasteiger partial charge in [0, 0.05) is 25.7 Å². The molecule has 98 valence electrons. The lowest BCUT2D eigenvalue weighted by Gasteiger charge is -2.33. The molecule has 0 spiro atoms. The Balaban J connectivity index is 2.34. The number of nitrogens with one attached hydrogen (secondary N) is 1. The average Bonchev–Trinajstić information content (AvgIpc) is 2.32. The van der Waals surface area contributed by atoms with E-state index in [1.54, 1.807) is 4.90 Å². The van der Waals surface area contributed by atoms with Crippen LogP contribution in [0.3, 0.4) is 0 Å². The summed E-state index contributed by atoms with van der Waals surface area (Å²) < 4.78 is 27.4. The molecule has 18 heavy (non-hydrogen) atoms. The Morgan fingerprint density at radius 1 is 1.44 bits per heavy atom. The second-order valence-electron chi connectivity index (χ2n) is 4.37. The van der Waals surface area contributed by atoms with Crippen molar-refractivity contribution < 1.29 is 18.7 Å². The first kappa shape index (κ1) is 12.8. The first-order valence-electron chi connectivity index (χ1n) is 5.70. The molecule has 1 fully saturated rings. The summed E-state index contributed by atoms with van der Waals surface area (Å²) in [5.74, 6) is -3.86. The predicted octanol–water partition coefficient (Wildman–Crippen LogP) is 1.46. The van der Waals surface area contributed by atoms with Gasteiger partial charge in [0.2, 0.25) is 0 Å². The number of anilines is 1. The van der Waals surface area contributed by atoms with Crippen molar-refractivity contribution in [1.82, 2.24) is 5.32 Å². The number of aromatic carboxylic acids is 1. The smallest absolute Gasteiger partial charge is 0.338 e. The molecule has 0 amide bonds. The van der Waals surface area contributed by atoms with Crippen LogP contribution < -0.4 is 10.2 Å². The minimum absolute atomic E-state index is 0.117. The van der Waals surface area contributed by atoms with Crippen LogP contribution in [0.25, 0.3) is 0 Å². The summed E-state index contributed by atoms with van der Waals surface area (Å²) in [5.41, 5.74) is -0.523. The molecule has 0 aliphatic carbocycles. The van der Waals surface area contributed by atoms with Crippen molar-refractivity contribution in [2.24, 2.45) is 0 Å². The molecular formula is C12H14F2N2O2. The maximum Gasteiger partial charge on any atom is 0.338 e. The highest BCUT2D eigenvalue weighted by molar-refractivity contribution is 5.88. The molecule has 1 aromatic carbocycles. The number of carboxylic acids is 1. The molecule has 4 nitrogen and oxygen atoms in total. The standard InChI is InChI=1S/C12H14F2N2O2/c1-7-6-16(5-4-15-7)9-3-2-8(12(17)18)10(13)11(9)14/h2-3,7,15H,4-6H2,1H3,(H,17,18)/t7-/m1/s1. The zero-order valence-electron chi connectivity index (χ0n) is 9.91. The van der Waals surface area contributed by atoms with Crippen molar-refractivity contribution in [3.8, 4) is 0 Å². The highest BCUT2D eigenvalue weighted by Crippen LogP contribution is 2.25. The lowest BCUT2D eigenvalue weighted by atomic mass is 10.1. The number of rotatable bonds is 2. The van der Waals surface area contributed by atoms with Gasteiger partial charge in [-0.3, -0.25) is 0 Å². The molecular weight excluding hydrogens is 242 g/mol. The molecule has 1 aliphatic heterocycles. The molecule has 6 heteroatoms. The Hall–Kier alpha value is -1.69. The number of benzene rings is 1. The summed E-state index contributed by atoms with van der Waals surface area (Å²) in [6.07, 6.45) is 0. The Morgan fingerprint density at radius 3 is 2.78 bits per heavy atom. The maximum absolute atomic E-state index is 13.8. The van der Waals surface area contributed by atoms with Crippen molar-refractivity contribution in [2.45, 2.75) is 13.0 Å². The third-order valence-corrected chi connectivity index (χ3v) is 3.00. The fourth-order valence-corrected chi connectivity index (χ4v) is 2.10. The maximum atomic E-state index is 13.8. The number of halogens is 2. The molecule has 0 saturated carbocycles. The SMILES string of the molecule is C[C@@H]1CN(c2ccc(C(=O)O)c(F)c2F)CCN1. The third-order valence-electron chi connectivity index (χ3n) is 3.00. The van der Waals surface area contributed by atoms with Crippen LogP contribution in [0.1, 0.15) is 17.3 Å². The molecule has 0 unspecified atom stereocenters. The van der Waals surface area contributed by atoms with Gasteiger partial charge in [-0.1, -0.05) is 0 Å². The number of hydrogen-bond acceptors (Lipinski definition) is 3. The highest BCUT2D eigenvalue weighted by Gasteiger charge is 2.23. The minimum atomic E-state index is -1.47. The Kier molecular flexibility index (Phi) is 3.47. The van der Waals surface area contributed by atoms with Gasteiger partial charge in [-0.05, 0) is 19.1 Å². The van der Waals surface area contributed by atoms with E-state index in [1.165, 1.54) is 6.07 Å². The van der Waals surface area contributed by atoms with E-state index in [4.69, 9.17) is 5.11 Å². The summed E-state index contributed by atoms with van der Waals surface area (Å²) in [4.78, 5) is 12.4. The number of piperazine rings is 1. The zero-order chi connectivity index (χ0) is 13.3. The Morgan fingerprint density at radius 2 is 2.17 bits per heavy atom. The molecule has 0 radical (unpaired) electrons. The molecule has 1 aliphatic rings. The molecule has 0 aromatic heterocycles. The third kappa shape index (κ3) is 2.28. The normalized spacial score (nSPS) is 19.9. The minimum Gasteiger partial charge on any atom is -0.478 e. The first-order valence-corrected chi connectivity index (χ1v) is 5.70. The monoisotopic (exact) mass is 256 g/mol. The lowest BCUT2D eigenvalue weighted by Crippen LogP contribution is -2.49. The number of nitrogens with zero attached hydrogens (tertiary/aromatic N) is 1. The van der Waals surface area contributed by atoms with Gasteiger partial charge in [-0.15, -0.1) is 0 Å². The summed E-state index contributed by atoms with van der Waals surface area (Å²) >= 11 is 0. The van der Waals surface area contributed by atoms with E-state index >= 15 is 0 Å². The van der Waals surface area contributed by atoms with E-state index in [9.17, 15) is 13.6 Å². The quantitative estimate of drug-likeness (QED) is 0.841. The van der Waals surface area contributed by atoms with E-state index in [1.807, 2.05) is 6.92 Å². The average molecular weight is 256 g/mol. The summed E-state index contributed by atoms with van der Waals surface area (Å²) in [6.45, 7) is 3.75. The molecule has 2 rings (SSSR count). The van der Waals surface area contributed by atoms with Crippen molar-refractivity contribution in [1.29, 1.82) is 0 Å². The van der Waals surface area contributed by atoms with Crippen molar-refractivity contribution in [3.63, 3.8) is 0 Å². The van der Waals surface area contributed by atoms with Gasteiger partial charge >= 0.3 is 5.97 Å². The number of carbonyl (C=O) groups is 1. The van der Waals surface area contributed by atoms with Gasteiger partial charge in [0.05, 0.1) is 11.3 Å². The van der Waals surface area contributed by atoms with E-state index in [2.05, 4.69) is 5.32 Å². The fourth-order valence-electron chi connectivity index (χ4n) is 2.10. The van der Waals surface area contributed by atoms with E-state index in [0.717, 1.165) is 6.07 Å². The molecule has 1 heterocycles. The molecule has 1 atom stereocenters. The number of carboxylic acid groups (broad SMARTS) is 1. The van der Waals surface area contributed by atoms with Crippen molar-refractivity contribution in [2.75, 3.05) is 24.5 Å². The van der Waals surface area contributed by atoms with Crippen molar-refractivity contribution in [3.05, 3.63) is 29.3 Å². The van der Waals surface area contributed by atoms with Crippen LogP contribution in [0, 0.1) is 11.6 Å². The van der Waals surface area contributed by atoms with E-state index in [-0.39, 0.29) is 11.7 Å². The second kappa shape index (κ2) is 4.89. The first-order chi connectivity index (χ1) is 8.50. The summed E-state index contributed by atoms with van der Waals surface area (Å²) in [5, 5.41) is 11.9. The zero-order valence-corrected chi connectivity index (χ0v) is 9.91. The Bertz CT molecular complexity index is 479. The van der Waals surface area contributed by atoms with Crippen LogP contribution in [0.5, 0.6) is 0 Å². The van der Waals surface area contributed by atoms with Crippen LogP contribution in [-0.2, 0) is 0 Å². The lowest BCUT2D eigenvalue weighted by molar-refractivity contribution is 0.0690. The van der Waals surface area contributed by atoms with E-state index in [0.29, 0.717) is 19.6 Å². The van der Waals surface area contributed by atoms with Gasteiger partial charge in [0.1, 0.15) is 0 Å². The van der Waals surface area contributed by atoms with Crippen molar-refractivity contribution >= 4 is 11.7 Å². The molecule has 1 aromatic rings. The van der Waals surface area contributed by atoms with Crippen LogP contribution in [0.2, 0.25) is 0 Å². The van der Waals surface area contributed by atoms with Crippen LogP contribution >= 0.6 is 0 Å². The number of hydrogen-bond donors (Lipinski definition) is 2. The Labute approximate surface area is 103 Å². The van der Waals surface area contributed by atoms with Crippen LogP contribution in [0.15, 0.2) is 12.1 Å². The summed E-state index contributed by atoms with van der Waals surface area (Å²) in [7, 11) is 0. The summed E-state index contributed by atoms with van der Waals surface area (Å²) in [6, 6.07) is 2.60. The van der Waals surface area contributed by atoms with Gasteiger partial charge in [-0.25, -0.2) is 13.6 Å². The van der Waals surface area contributed by atoms with E-state index < -0.39 is 23.2 Å².